The molecular weight excluding hydrogens is 399 g/mol. The summed E-state index contributed by atoms with van der Waals surface area (Å²) in [7, 11) is 0. The second-order valence-electron chi connectivity index (χ2n) is 1.78. The minimum Gasteiger partial charge on any atom is -0.206 e. The van der Waals surface area contributed by atoms with Gasteiger partial charge in [-0.3, -0.25) is 0 Å². The van der Waals surface area contributed by atoms with Crippen LogP contribution >= 0.6 is 56.8 Å². The molecule has 60 valence electrons. The van der Waals surface area contributed by atoms with E-state index in [1.54, 1.807) is 45.2 Å². The largest absolute Gasteiger partial charge is 0.206 e. The van der Waals surface area contributed by atoms with Crippen LogP contribution in [0, 0.1) is 18.8 Å². The zero-order valence-electron chi connectivity index (χ0n) is 4.97. The number of benzene rings is 1. The Balaban J connectivity index is 3.46. The van der Waals surface area contributed by atoms with Crippen molar-refractivity contribution in [3.8, 4) is 0 Å². The molecule has 0 nitrogen and oxygen atoms in total. The van der Waals surface area contributed by atoms with E-state index < -0.39 is 11.6 Å². The quantitative estimate of drug-likeness (QED) is 0.353. The highest BCUT2D eigenvalue weighted by atomic mass is 127. The molecule has 0 aromatic heterocycles. The lowest BCUT2D eigenvalue weighted by molar-refractivity contribution is 0.588. The summed E-state index contributed by atoms with van der Waals surface area (Å²) in [5.74, 6) is -1.04. The molecule has 0 spiro atoms. The molecule has 0 fully saturated rings. The predicted octanol–water partition coefficient (Wildman–Crippen LogP) is 3.83. The molecule has 0 saturated carbocycles. The van der Waals surface area contributed by atoms with Crippen LogP contribution in [0.2, 0.25) is 5.02 Å². The first-order valence-electron chi connectivity index (χ1n) is 2.52. The monoisotopic (exact) mass is 400 g/mol. The van der Waals surface area contributed by atoms with Gasteiger partial charge in [-0.05, 0) is 51.2 Å². The Kier molecular flexibility index (Phi) is 3.33. The van der Waals surface area contributed by atoms with Gasteiger partial charge in [0, 0.05) is 0 Å². The highest BCUT2D eigenvalue weighted by Crippen LogP contribution is 2.27. The van der Waals surface area contributed by atoms with Gasteiger partial charge in [-0.2, -0.15) is 0 Å². The van der Waals surface area contributed by atoms with E-state index in [2.05, 4.69) is 0 Å². The summed E-state index contributed by atoms with van der Waals surface area (Å²) in [5, 5.41) is -0.144. The average molecular weight is 400 g/mol. The van der Waals surface area contributed by atoms with Gasteiger partial charge in [0.1, 0.15) is 5.82 Å². The maximum absolute atomic E-state index is 12.9. The summed E-state index contributed by atoms with van der Waals surface area (Å²) < 4.78 is 25.9. The van der Waals surface area contributed by atoms with Gasteiger partial charge in [0.05, 0.1) is 12.2 Å². The smallest absolute Gasteiger partial charge is 0.156 e. The summed E-state index contributed by atoms with van der Waals surface area (Å²) in [5.41, 5.74) is 0. The highest BCUT2D eigenvalue weighted by Gasteiger charge is 2.12. The third-order valence-electron chi connectivity index (χ3n) is 1.06. The lowest BCUT2D eigenvalue weighted by Crippen LogP contribution is -1.91. The molecule has 0 atom stereocenters. The zero-order valence-corrected chi connectivity index (χ0v) is 10.0. The van der Waals surface area contributed by atoms with Crippen LogP contribution < -0.4 is 0 Å². The van der Waals surface area contributed by atoms with Crippen LogP contribution in [0.3, 0.4) is 0 Å². The van der Waals surface area contributed by atoms with Crippen LogP contribution in [0.25, 0.3) is 0 Å². The van der Waals surface area contributed by atoms with E-state index in [0.29, 0.717) is 0 Å². The van der Waals surface area contributed by atoms with Crippen molar-refractivity contribution >= 4 is 56.8 Å². The fourth-order valence-electron chi connectivity index (χ4n) is 0.544. The topological polar surface area (TPSA) is 0 Å². The average Bonchev–Trinajstić information content (AvgIpc) is 1.97. The van der Waals surface area contributed by atoms with E-state index in [0.717, 1.165) is 6.07 Å². The van der Waals surface area contributed by atoms with Crippen LogP contribution in [0.15, 0.2) is 6.07 Å². The zero-order chi connectivity index (χ0) is 8.59. The fraction of sp³-hybridized carbons (Fsp3) is 0. The molecule has 0 aliphatic heterocycles. The first-order chi connectivity index (χ1) is 5.04. The van der Waals surface area contributed by atoms with Crippen molar-refractivity contribution in [2.45, 2.75) is 0 Å². The number of rotatable bonds is 0. The van der Waals surface area contributed by atoms with Crippen molar-refractivity contribution < 1.29 is 8.78 Å². The van der Waals surface area contributed by atoms with Crippen molar-refractivity contribution in [3.63, 3.8) is 0 Å². The Morgan fingerprint density at radius 2 is 1.82 bits per heavy atom. The van der Waals surface area contributed by atoms with Gasteiger partial charge in [0.15, 0.2) is 5.82 Å². The molecule has 0 bridgehead atoms. The lowest BCUT2D eigenvalue weighted by atomic mass is 10.3. The van der Waals surface area contributed by atoms with Gasteiger partial charge >= 0.3 is 0 Å². The van der Waals surface area contributed by atoms with Crippen molar-refractivity contribution in [2.24, 2.45) is 0 Å². The highest BCUT2D eigenvalue weighted by molar-refractivity contribution is 14.1. The standard InChI is InChI=1S/C6HClF2I2/c7-4-5(9)3(10)1-2(8)6(4)11/h1H. The number of hydrogen-bond acceptors (Lipinski definition) is 0. The maximum Gasteiger partial charge on any atom is 0.156 e. The predicted molar refractivity (Wildman–Crippen MR) is 56.8 cm³/mol. The normalized spacial score (nSPS) is 10.3. The van der Waals surface area contributed by atoms with Crippen LogP contribution in [-0.4, -0.2) is 0 Å². The van der Waals surface area contributed by atoms with E-state index in [1.807, 2.05) is 0 Å². The molecule has 1 aromatic carbocycles. The molecule has 5 heteroatoms. The molecular formula is C6HClF2I2. The second-order valence-corrected chi connectivity index (χ2v) is 4.40. The Morgan fingerprint density at radius 1 is 1.27 bits per heavy atom. The summed E-state index contributed by atoms with van der Waals surface area (Å²) >= 11 is 8.81. The molecule has 1 aromatic rings. The van der Waals surface area contributed by atoms with Gasteiger partial charge < -0.3 is 0 Å². The third kappa shape index (κ3) is 1.95. The van der Waals surface area contributed by atoms with Gasteiger partial charge in [0.25, 0.3) is 0 Å². The fourth-order valence-corrected chi connectivity index (χ4v) is 1.83. The van der Waals surface area contributed by atoms with Crippen LogP contribution in [0.5, 0.6) is 0 Å². The summed E-state index contributed by atoms with van der Waals surface area (Å²) in [4.78, 5) is 0. The third-order valence-corrected chi connectivity index (χ3v) is 3.57. The number of hydrogen-bond donors (Lipinski definition) is 0. The molecule has 0 aliphatic rings. The molecule has 0 heterocycles. The van der Waals surface area contributed by atoms with E-state index in [4.69, 9.17) is 11.6 Å². The van der Waals surface area contributed by atoms with E-state index >= 15 is 0 Å². The minimum atomic E-state index is -0.557. The molecule has 0 amide bonds. The van der Waals surface area contributed by atoms with Gasteiger partial charge in [-0.1, -0.05) is 11.6 Å². The van der Waals surface area contributed by atoms with E-state index in [-0.39, 0.29) is 12.2 Å². The SMILES string of the molecule is Fc1cc(I)c(F)c(Cl)c1I. The Hall–Kier alpha value is 0.830. The molecule has 0 saturated heterocycles. The van der Waals surface area contributed by atoms with Crippen molar-refractivity contribution in [3.05, 3.63) is 29.9 Å². The van der Waals surface area contributed by atoms with Gasteiger partial charge in [-0.25, -0.2) is 8.78 Å². The second kappa shape index (κ2) is 3.69. The summed E-state index contributed by atoms with van der Waals surface area (Å²) in [6.45, 7) is 0. The maximum atomic E-state index is 12.9. The van der Waals surface area contributed by atoms with Crippen molar-refractivity contribution in [1.82, 2.24) is 0 Å². The molecule has 1 rings (SSSR count). The van der Waals surface area contributed by atoms with E-state index in [1.165, 1.54) is 0 Å². The van der Waals surface area contributed by atoms with Gasteiger partial charge in [0.2, 0.25) is 0 Å². The molecule has 11 heavy (non-hydrogen) atoms. The van der Waals surface area contributed by atoms with Crippen molar-refractivity contribution in [1.29, 1.82) is 0 Å². The molecule has 0 unspecified atom stereocenters. The Bertz CT molecular complexity index is 275. The van der Waals surface area contributed by atoms with Crippen LogP contribution in [-0.2, 0) is 0 Å². The van der Waals surface area contributed by atoms with Gasteiger partial charge in [-0.15, -0.1) is 0 Å². The van der Waals surface area contributed by atoms with Crippen LogP contribution in [0.4, 0.5) is 8.78 Å². The molecule has 0 radical (unpaired) electrons. The first-order valence-corrected chi connectivity index (χ1v) is 5.06. The Morgan fingerprint density at radius 3 is 2.36 bits per heavy atom. The number of halogens is 5. The molecule has 0 N–H and O–H groups in total. The molecule has 0 aliphatic carbocycles. The first kappa shape index (κ1) is 9.91. The lowest BCUT2D eigenvalue weighted by Gasteiger charge is -2.00. The van der Waals surface area contributed by atoms with Crippen molar-refractivity contribution in [2.75, 3.05) is 0 Å². The van der Waals surface area contributed by atoms with E-state index in [9.17, 15) is 8.78 Å². The Labute approximate surface area is 94.6 Å². The van der Waals surface area contributed by atoms with Crippen LogP contribution in [0.1, 0.15) is 0 Å². The minimum absolute atomic E-state index is 0.127. The summed E-state index contributed by atoms with van der Waals surface area (Å²) in [6.07, 6.45) is 0. The summed E-state index contributed by atoms with van der Waals surface area (Å²) in [6, 6.07) is 1.11.